The molecule has 0 aromatic heterocycles. The third-order valence-corrected chi connectivity index (χ3v) is 7.08. The number of benzene rings is 3. The SMILES string of the molecule is CCOc1cc([C@H]2Nc3ccccc3NC3=C2C(=O)C[C@H](c2ccc(OC)c(OC)c2)C3)cc([N+](=O)[O-])c1[O-]. The summed E-state index contributed by atoms with van der Waals surface area (Å²) in [6.45, 7) is 1.86. The number of ketones is 1. The highest BCUT2D eigenvalue weighted by atomic mass is 16.6. The van der Waals surface area contributed by atoms with Crippen LogP contribution in [-0.2, 0) is 4.79 Å². The van der Waals surface area contributed by atoms with E-state index in [2.05, 4.69) is 10.6 Å². The van der Waals surface area contributed by atoms with Crippen LogP contribution in [0.5, 0.6) is 23.0 Å². The first-order chi connectivity index (χ1) is 18.8. The maximum atomic E-state index is 13.9. The highest BCUT2D eigenvalue weighted by Gasteiger charge is 2.37. The highest BCUT2D eigenvalue weighted by Crippen LogP contribution is 2.47. The van der Waals surface area contributed by atoms with E-state index in [1.165, 1.54) is 12.1 Å². The molecule has 1 heterocycles. The Bertz CT molecular complexity index is 1480. The fourth-order valence-electron chi connectivity index (χ4n) is 5.26. The molecule has 39 heavy (non-hydrogen) atoms. The van der Waals surface area contributed by atoms with Gasteiger partial charge in [-0.3, -0.25) is 14.9 Å². The summed E-state index contributed by atoms with van der Waals surface area (Å²) in [5, 5.41) is 31.2. The largest absolute Gasteiger partial charge is 0.865 e. The van der Waals surface area contributed by atoms with Gasteiger partial charge in [-0.25, -0.2) is 0 Å². The number of nitrogens with zero attached hydrogens (tertiary/aromatic N) is 1. The van der Waals surface area contributed by atoms with Gasteiger partial charge in [-0.15, -0.1) is 0 Å². The van der Waals surface area contributed by atoms with Crippen LogP contribution < -0.4 is 30.0 Å². The zero-order chi connectivity index (χ0) is 27.7. The first kappa shape index (κ1) is 25.9. The molecule has 0 saturated carbocycles. The Balaban J connectivity index is 1.63. The van der Waals surface area contributed by atoms with E-state index in [9.17, 15) is 20.0 Å². The molecule has 2 aliphatic rings. The second-order valence-electron chi connectivity index (χ2n) is 9.34. The lowest BCUT2D eigenvalue weighted by molar-refractivity contribution is -0.398. The van der Waals surface area contributed by atoms with Crippen molar-refractivity contribution in [3.05, 3.63) is 87.1 Å². The van der Waals surface area contributed by atoms with Crippen LogP contribution in [0.4, 0.5) is 17.1 Å². The number of fused-ring (bicyclic) bond motifs is 1. The van der Waals surface area contributed by atoms with Crippen LogP contribution in [-0.4, -0.2) is 31.5 Å². The van der Waals surface area contributed by atoms with Crippen molar-refractivity contribution in [2.45, 2.75) is 31.7 Å². The number of hydrogen-bond acceptors (Lipinski definition) is 9. The predicted octanol–water partition coefficient (Wildman–Crippen LogP) is 5.06. The quantitative estimate of drug-likeness (QED) is 0.317. The maximum absolute atomic E-state index is 13.9. The number of carbonyl (C=O) groups excluding carboxylic acids is 1. The highest BCUT2D eigenvalue weighted by molar-refractivity contribution is 6.01. The molecule has 202 valence electrons. The van der Waals surface area contributed by atoms with Crippen LogP contribution in [0.2, 0.25) is 0 Å². The van der Waals surface area contributed by atoms with E-state index in [1.807, 2.05) is 42.5 Å². The molecular weight excluding hydrogens is 502 g/mol. The summed E-state index contributed by atoms with van der Waals surface area (Å²) in [4.78, 5) is 24.9. The van der Waals surface area contributed by atoms with Gasteiger partial charge >= 0.3 is 0 Å². The number of nitrogens with one attached hydrogen (secondary N) is 2. The summed E-state index contributed by atoms with van der Waals surface area (Å²) in [6.07, 6.45) is 0.744. The Hall–Kier alpha value is -4.73. The van der Waals surface area contributed by atoms with Crippen molar-refractivity contribution >= 4 is 22.8 Å². The Labute approximate surface area is 225 Å². The average Bonchev–Trinajstić information content (AvgIpc) is 3.10. The van der Waals surface area contributed by atoms with E-state index in [-0.39, 0.29) is 30.5 Å². The lowest BCUT2D eigenvalue weighted by Gasteiger charge is -2.30. The van der Waals surface area contributed by atoms with E-state index < -0.39 is 22.4 Å². The summed E-state index contributed by atoms with van der Waals surface area (Å²) < 4.78 is 16.3. The molecule has 3 aromatic rings. The molecule has 10 heteroatoms. The van der Waals surface area contributed by atoms with Gasteiger partial charge in [0.1, 0.15) is 5.75 Å². The molecule has 0 radical (unpaired) electrons. The van der Waals surface area contributed by atoms with Gasteiger partial charge in [0, 0.05) is 29.5 Å². The number of allylic oxidation sites excluding steroid dienone is 1. The molecule has 1 aliphatic heterocycles. The number of nitro groups is 1. The molecule has 0 unspecified atom stereocenters. The third kappa shape index (κ3) is 4.81. The Morgan fingerprint density at radius 2 is 1.67 bits per heavy atom. The molecule has 3 aromatic carbocycles. The molecule has 2 N–H and O–H groups in total. The number of hydrogen-bond donors (Lipinski definition) is 2. The smallest absolute Gasteiger partial charge is 0.265 e. The van der Waals surface area contributed by atoms with Gasteiger partial charge < -0.3 is 30.0 Å². The molecule has 0 bridgehead atoms. The minimum atomic E-state index is -0.796. The van der Waals surface area contributed by atoms with Gasteiger partial charge in [0.2, 0.25) is 0 Å². The number of anilines is 2. The summed E-state index contributed by atoms with van der Waals surface area (Å²) in [6, 6.07) is 15.1. The van der Waals surface area contributed by atoms with E-state index >= 15 is 0 Å². The summed E-state index contributed by atoms with van der Waals surface area (Å²) in [7, 11) is 3.14. The second kappa shape index (κ2) is 10.6. The lowest BCUT2D eigenvalue weighted by Crippen LogP contribution is -2.27. The van der Waals surface area contributed by atoms with Crippen LogP contribution >= 0.6 is 0 Å². The van der Waals surface area contributed by atoms with Crippen molar-refractivity contribution in [1.82, 2.24) is 0 Å². The number of methoxy groups -OCH3 is 2. The first-order valence-electron chi connectivity index (χ1n) is 12.6. The number of nitro benzene ring substituents is 1. The molecule has 0 spiro atoms. The first-order valence-corrected chi connectivity index (χ1v) is 12.6. The maximum Gasteiger partial charge on any atom is 0.265 e. The minimum absolute atomic E-state index is 0.111. The third-order valence-electron chi connectivity index (χ3n) is 7.08. The molecular formula is C29H28N3O7-. The molecule has 0 saturated heterocycles. The van der Waals surface area contributed by atoms with Gasteiger partial charge in [0.15, 0.2) is 17.3 Å². The van der Waals surface area contributed by atoms with Crippen LogP contribution in [0.15, 0.2) is 65.9 Å². The van der Waals surface area contributed by atoms with Gasteiger partial charge in [-0.1, -0.05) is 18.2 Å². The normalized spacial score (nSPS) is 18.2. The number of Topliss-reactive ketones (excluding diaryl/α,β-unsaturated/α-hetero) is 1. The van der Waals surface area contributed by atoms with Crippen molar-refractivity contribution in [1.29, 1.82) is 0 Å². The van der Waals surface area contributed by atoms with Gasteiger partial charge in [-0.05, 0) is 60.7 Å². The molecule has 0 fully saturated rings. The zero-order valence-corrected chi connectivity index (χ0v) is 21.8. The van der Waals surface area contributed by atoms with Crippen molar-refractivity contribution in [3.8, 4) is 23.0 Å². The fraction of sp³-hybridized carbons (Fsp3) is 0.276. The zero-order valence-electron chi connectivity index (χ0n) is 21.8. The summed E-state index contributed by atoms with van der Waals surface area (Å²) >= 11 is 0. The minimum Gasteiger partial charge on any atom is -0.865 e. The standard InChI is InChI=1S/C29H29N3O7/c1-4-39-26-15-18(12-22(29(26)34)32(35)36)28-27-21(30-19-7-5-6-8-20(19)31-28)11-17(13-23(27)33)16-9-10-24(37-2)25(14-16)38-3/h5-10,12,14-15,17,28,30-31,34H,4,11,13H2,1-3H3/p-1/t17-,28-/m1/s1. The van der Waals surface area contributed by atoms with Crippen LogP contribution in [0.25, 0.3) is 0 Å². The van der Waals surface area contributed by atoms with Crippen LogP contribution in [0, 0.1) is 10.1 Å². The van der Waals surface area contributed by atoms with Gasteiger partial charge in [0.05, 0.1) is 43.2 Å². The predicted molar refractivity (Wildman–Crippen MR) is 144 cm³/mol. The van der Waals surface area contributed by atoms with Gasteiger partial charge in [-0.2, -0.15) is 0 Å². The van der Waals surface area contributed by atoms with Crippen molar-refractivity contribution in [3.63, 3.8) is 0 Å². The molecule has 2 atom stereocenters. The molecule has 5 rings (SSSR count). The Morgan fingerprint density at radius 3 is 2.36 bits per heavy atom. The molecule has 10 nitrogen and oxygen atoms in total. The number of para-hydroxylation sites is 2. The van der Waals surface area contributed by atoms with Crippen molar-refractivity contribution in [2.75, 3.05) is 31.5 Å². The number of ether oxygens (including phenoxy) is 3. The van der Waals surface area contributed by atoms with Crippen molar-refractivity contribution in [2.24, 2.45) is 0 Å². The molecule has 1 aliphatic carbocycles. The van der Waals surface area contributed by atoms with Gasteiger partial charge in [0.25, 0.3) is 5.69 Å². The van der Waals surface area contributed by atoms with Crippen LogP contribution in [0.3, 0.4) is 0 Å². The fourth-order valence-corrected chi connectivity index (χ4v) is 5.26. The monoisotopic (exact) mass is 530 g/mol. The van der Waals surface area contributed by atoms with Crippen molar-refractivity contribution < 1.29 is 29.0 Å². The summed E-state index contributed by atoms with van der Waals surface area (Å²) in [5.41, 5.74) is 3.40. The average molecular weight is 531 g/mol. The Kier molecular flexibility index (Phi) is 7.02. The lowest BCUT2D eigenvalue weighted by atomic mass is 9.78. The topological polar surface area (TPSA) is 135 Å². The summed E-state index contributed by atoms with van der Waals surface area (Å²) in [5.74, 6) is 0.0162. The second-order valence-corrected chi connectivity index (χ2v) is 9.34. The number of carbonyl (C=O) groups is 1. The molecule has 0 amide bonds. The van der Waals surface area contributed by atoms with E-state index in [1.54, 1.807) is 21.1 Å². The Morgan fingerprint density at radius 1 is 0.949 bits per heavy atom. The number of rotatable bonds is 7. The van der Waals surface area contributed by atoms with E-state index in [0.717, 1.165) is 16.9 Å². The van der Waals surface area contributed by atoms with E-state index in [0.29, 0.717) is 34.8 Å². The van der Waals surface area contributed by atoms with Crippen LogP contribution in [0.1, 0.15) is 42.9 Å². The van der Waals surface area contributed by atoms with E-state index in [4.69, 9.17) is 14.2 Å².